The maximum absolute atomic E-state index is 12.3. The number of hydrogen-bond donors (Lipinski definition) is 1. The highest BCUT2D eigenvalue weighted by molar-refractivity contribution is 7.92. The first kappa shape index (κ1) is 16.5. The fraction of sp³-hybridized carbons (Fsp3) is 0.188. The van der Waals surface area contributed by atoms with Crippen molar-refractivity contribution in [1.29, 1.82) is 0 Å². The molecule has 0 heterocycles. The molecule has 0 aromatic heterocycles. The molecule has 0 radical (unpaired) electrons. The lowest BCUT2D eigenvalue weighted by Gasteiger charge is -2.09. The molecule has 1 amide bonds. The van der Waals surface area contributed by atoms with Crippen molar-refractivity contribution < 1.29 is 13.2 Å². The van der Waals surface area contributed by atoms with Gasteiger partial charge in [-0.25, -0.2) is 8.42 Å². The Morgan fingerprint density at radius 3 is 2.32 bits per heavy atom. The van der Waals surface area contributed by atoms with Crippen LogP contribution in [0.1, 0.15) is 11.1 Å². The lowest BCUT2D eigenvalue weighted by molar-refractivity contribution is -0.113. The SMILES string of the molecule is Cc1ccc(S(=O)(=O)CC(=O)Nc2ccc(Cl)cc2)c(C)c1. The molecule has 2 aromatic rings. The van der Waals surface area contributed by atoms with E-state index in [1.54, 1.807) is 43.3 Å². The van der Waals surface area contributed by atoms with E-state index in [0.29, 0.717) is 16.3 Å². The molecule has 4 nitrogen and oxygen atoms in total. The van der Waals surface area contributed by atoms with Crippen LogP contribution in [-0.4, -0.2) is 20.1 Å². The van der Waals surface area contributed by atoms with Crippen molar-refractivity contribution in [2.45, 2.75) is 18.7 Å². The Morgan fingerprint density at radius 2 is 1.73 bits per heavy atom. The molecule has 0 aliphatic heterocycles. The topological polar surface area (TPSA) is 63.2 Å². The Balaban J connectivity index is 2.14. The largest absolute Gasteiger partial charge is 0.325 e. The number of aryl methyl sites for hydroxylation is 2. The van der Waals surface area contributed by atoms with Gasteiger partial charge < -0.3 is 5.32 Å². The maximum Gasteiger partial charge on any atom is 0.239 e. The second kappa shape index (κ2) is 6.50. The number of carbonyl (C=O) groups is 1. The number of sulfone groups is 1. The first-order valence-electron chi connectivity index (χ1n) is 6.63. The first-order valence-corrected chi connectivity index (χ1v) is 8.66. The Kier molecular flexibility index (Phi) is 4.88. The van der Waals surface area contributed by atoms with Crippen LogP contribution in [-0.2, 0) is 14.6 Å². The smallest absolute Gasteiger partial charge is 0.239 e. The summed E-state index contributed by atoms with van der Waals surface area (Å²) < 4.78 is 24.7. The van der Waals surface area contributed by atoms with Gasteiger partial charge in [-0.15, -0.1) is 0 Å². The van der Waals surface area contributed by atoms with Gasteiger partial charge in [0.05, 0.1) is 4.90 Å². The average molecular weight is 338 g/mol. The lowest BCUT2D eigenvalue weighted by Crippen LogP contribution is -2.23. The normalized spacial score (nSPS) is 11.2. The molecule has 6 heteroatoms. The summed E-state index contributed by atoms with van der Waals surface area (Å²) in [5, 5.41) is 3.09. The van der Waals surface area contributed by atoms with Crippen LogP contribution in [0.2, 0.25) is 5.02 Å². The van der Waals surface area contributed by atoms with Crippen molar-refractivity contribution >= 4 is 33.0 Å². The van der Waals surface area contributed by atoms with Crippen molar-refractivity contribution in [1.82, 2.24) is 0 Å². The van der Waals surface area contributed by atoms with Gasteiger partial charge >= 0.3 is 0 Å². The summed E-state index contributed by atoms with van der Waals surface area (Å²) >= 11 is 5.76. The molecule has 116 valence electrons. The van der Waals surface area contributed by atoms with E-state index in [4.69, 9.17) is 11.6 Å². The Morgan fingerprint density at radius 1 is 1.09 bits per heavy atom. The van der Waals surface area contributed by atoms with E-state index in [9.17, 15) is 13.2 Å². The fourth-order valence-corrected chi connectivity index (χ4v) is 3.65. The highest BCUT2D eigenvalue weighted by Crippen LogP contribution is 2.19. The van der Waals surface area contributed by atoms with Gasteiger partial charge in [0.2, 0.25) is 5.91 Å². The van der Waals surface area contributed by atoms with Gasteiger partial charge in [-0.3, -0.25) is 4.79 Å². The van der Waals surface area contributed by atoms with E-state index in [2.05, 4.69) is 5.32 Å². The average Bonchev–Trinajstić information content (AvgIpc) is 2.40. The molecule has 0 spiro atoms. The minimum atomic E-state index is -3.67. The van der Waals surface area contributed by atoms with E-state index < -0.39 is 21.5 Å². The molecule has 0 fully saturated rings. The van der Waals surface area contributed by atoms with Crippen molar-refractivity contribution in [2.75, 3.05) is 11.1 Å². The lowest BCUT2D eigenvalue weighted by atomic mass is 10.2. The van der Waals surface area contributed by atoms with Gasteiger partial charge in [0.15, 0.2) is 9.84 Å². The Hall–Kier alpha value is -1.85. The van der Waals surface area contributed by atoms with E-state index in [-0.39, 0.29) is 4.90 Å². The highest BCUT2D eigenvalue weighted by Gasteiger charge is 2.21. The van der Waals surface area contributed by atoms with Crippen LogP contribution in [0.3, 0.4) is 0 Å². The summed E-state index contributed by atoms with van der Waals surface area (Å²) in [6, 6.07) is 11.5. The second-order valence-corrected chi connectivity index (χ2v) is 7.48. The molecule has 0 bridgehead atoms. The minimum absolute atomic E-state index is 0.185. The van der Waals surface area contributed by atoms with Crippen molar-refractivity contribution in [3.8, 4) is 0 Å². The van der Waals surface area contributed by atoms with E-state index >= 15 is 0 Å². The van der Waals surface area contributed by atoms with Crippen LogP contribution < -0.4 is 5.32 Å². The first-order chi connectivity index (χ1) is 10.3. The van der Waals surface area contributed by atoms with Gasteiger partial charge in [0.25, 0.3) is 0 Å². The second-order valence-electron chi connectivity index (χ2n) is 5.08. The number of benzene rings is 2. The summed E-state index contributed by atoms with van der Waals surface area (Å²) in [5.41, 5.74) is 2.12. The number of amides is 1. The molecule has 2 aromatic carbocycles. The minimum Gasteiger partial charge on any atom is -0.325 e. The van der Waals surface area contributed by atoms with Crippen LogP contribution in [0.4, 0.5) is 5.69 Å². The van der Waals surface area contributed by atoms with Gasteiger partial charge in [0, 0.05) is 10.7 Å². The number of hydrogen-bond acceptors (Lipinski definition) is 3. The molecular formula is C16H16ClNO3S. The van der Waals surface area contributed by atoms with E-state index in [0.717, 1.165) is 5.56 Å². The third-order valence-electron chi connectivity index (χ3n) is 3.11. The Labute approximate surface area is 135 Å². The maximum atomic E-state index is 12.3. The zero-order valence-corrected chi connectivity index (χ0v) is 13.8. The molecule has 0 saturated carbocycles. The van der Waals surface area contributed by atoms with Crippen molar-refractivity contribution in [3.05, 3.63) is 58.6 Å². The van der Waals surface area contributed by atoms with E-state index in [1.165, 1.54) is 6.07 Å². The number of carbonyl (C=O) groups excluding carboxylic acids is 1. The van der Waals surface area contributed by atoms with Crippen LogP contribution in [0.5, 0.6) is 0 Å². The number of anilines is 1. The number of rotatable bonds is 4. The molecule has 0 atom stereocenters. The van der Waals surface area contributed by atoms with Crippen LogP contribution in [0, 0.1) is 13.8 Å². The predicted octanol–water partition coefficient (Wildman–Crippen LogP) is 3.37. The molecule has 0 aliphatic carbocycles. The predicted molar refractivity (Wildman–Crippen MR) is 88.1 cm³/mol. The monoisotopic (exact) mass is 337 g/mol. The third kappa shape index (κ3) is 4.08. The molecule has 0 unspecified atom stereocenters. The zero-order chi connectivity index (χ0) is 16.3. The van der Waals surface area contributed by atoms with Crippen LogP contribution >= 0.6 is 11.6 Å². The number of halogens is 1. The number of nitrogens with one attached hydrogen (secondary N) is 1. The standard InChI is InChI=1S/C16H16ClNO3S/c1-11-3-8-15(12(2)9-11)22(20,21)10-16(19)18-14-6-4-13(17)5-7-14/h3-9H,10H2,1-2H3,(H,18,19). The molecule has 1 N–H and O–H groups in total. The van der Waals surface area contributed by atoms with Crippen LogP contribution in [0.25, 0.3) is 0 Å². The molecule has 22 heavy (non-hydrogen) atoms. The fourth-order valence-electron chi connectivity index (χ4n) is 2.13. The third-order valence-corrected chi connectivity index (χ3v) is 5.14. The van der Waals surface area contributed by atoms with Gasteiger partial charge in [-0.05, 0) is 49.7 Å². The molecule has 0 saturated heterocycles. The van der Waals surface area contributed by atoms with Crippen molar-refractivity contribution in [3.63, 3.8) is 0 Å². The summed E-state index contributed by atoms with van der Waals surface area (Å²) in [7, 11) is -3.67. The van der Waals surface area contributed by atoms with Gasteiger partial charge in [0.1, 0.15) is 5.75 Å². The summed E-state index contributed by atoms with van der Waals surface area (Å²) in [4.78, 5) is 12.1. The quantitative estimate of drug-likeness (QED) is 0.930. The summed E-state index contributed by atoms with van der Waals surface area (Å²) in [6.45, 7) is 3.60. The van der Waals surface area contributed by atoms with Gasteiger partial charge in [-0.1, -0.05) is 29.3 Å². The van der Waals surface area contributed by atoms with Gasteiger partial charge in [-0.2, -0.15) is 0 Å². The van der Waals surface area contributed by atoms with E-state index in [1.807, 2.05) is 6.92 Å². The Bertz CT molecular complexity index is 799. The molecule has 2 rings (SSSR count). The molecular weight excluding hydrogens is 322 g/mol. The summed E-state index contributed by atoms with van der Waals surface area (Å²) in [6.07, 6.45) is 0. The molecule has 0 aliphatic rings. The highest BCUT2D eigenvalue weighted by atomic mass is 35.5. The van der Waals surface area contributed by atoms with Crippen LogP contribution in [0.15, 0.2) is 47.4 Å². The summed E-state index contributed by atoms with van der Waals surface area (Å²) in [5.74, 6) is -1.18. The van der Waals surface area contributed by atoms with Crippen molar-refractivity contribution in [2.24, 2.45) is 0 Å². The zero-order valence-electron chi connectivity index (χ0n) is 12.3.